The van der Waals surface area contributed by atoms with Crippen LogP contribution in [0.25, 0.3) is 0 Å². The summed E-state index contributed by atoms with van der Waals surface area (Å²) in [5.41, 5.74) is 0.605. The lowest BCUT2D eigenvalue weighted by atomic mass is 10.2. The Balaban J connectivity index is 1.96. The van der Waals surface area contributed by atoms with Crippen molar-refractivity contribution in [3.05, 3.63) is 29.8 Å². The summed E-state index contributed by atoms with van der Waals surface area (Å²) in [6, 6.07) is 9.17. The Morgan fingerprint density at radius 2 is 2.47 bits per heavy atom. The first-order valence-electron chi connectivity index (χ1n) is 4.78. The van der Waals surface area contributed by atoms with Gasteiger partial charge in [0.1, 0.15) is 18.2 Å². The van der Waals surface area contributed by atoms with Crippen LogP contribution >= 0.6 is 0 Å². The van der Waals surface area contributed by atoms with E-state index in [2.05, 4.69) is 16.4 Å². The Kier molecular flexibility index (Phi) is 2.84. The topological polar surface area (TPSA) is 57.4 Å². The van der Waals surface area contributed by atoms with Gasteiger partial charge in [0.15, 0.2) is 0 Å². The third kappa shape index (κ3) is 2.47. The Morgan fingerprint density at radius 1 is 1.53 bits per heavy atom. The van der Waals surface area contributed by atoms with E-state index in [-0.39, 0.29) is 0 Å². The number of ether oxygens (including phenoxy) is 1. The highest BCUT2D eigenvalue weighted by Gasteiger charge is 2.05. The molecule has 0 fully saturated rings. The molecule has 76 valence electrons. The lowest BCUT2D eigenvalue weighted by molar-refractivity contribution is 0.373. The van der Waals surface area contributed by atoms with E-state index >= 15 is 0 Å². The number of rotatable bonds is 3. The van der Waals surface area contributed by atoms with Crippen LogP contribution in [0.5, 0.6) is 5.75 Å². The van der Waals surface area contributed by atoms with Crippen molar-refractivity contribution in [2.45, 2.75) is 0 Å². The van der Waals surface area contributed by atoms with Gasteiger partial charge in [0.05, 0.1) is 18.2 Å². The van der Waals surface area contributed by atoms with Crippen LogP contribution in [-0.2, 0) is 0 Å². The minimum Gasteiger partial charge on any atom is -0.486 e. The fourth-order valence-corrected chi connectivity index (χ4v) is 1.35. The zero-order chi connectivity index (χ0) is 10.5. The third-order valence-electron chi connectivity index (χ3n) is 2.08. The normalized spacial score (nSPS) is 13.9. The van der Waals surface area contributed by atoms with Gasteiger partial charge in [0.2, 0.25) is 0 Å². The first-order valence-corrected chi connectivity index (χ1v) is 4.78. The number of aliphatic imine (C=N–C) groups is 1. The Morgan fingerprint density at radius 3 is 3.20 bits per heavy atom. The largest absolute Gasteiger partial charge is 0.486 e. The van der Waals surface area contributed by atoms with E-state index in [0.717, 1.165) is 18.9 Å². The fourth-order valence-electron chi connectivity index (χ4n) is 1.35. The first-order chi connectivity index (χ1) is 7.38. The maximum atomic E-state index is 8.70. The quantitative estimate of drug-likeness (QED) is 0.791. The van der Waals surface area contributed by atoms with Gasteiger partial charge >= 0.3 is 0 Å². The molecule has 0 saturated carbocycles. The summed E-state index contributed by atoms with van der Waals surface area (Å²) < 4.78 is 5.49. The molecule has 0 bridgehead atoms. The van der Waals surface area contributed by atoms with Crippen molar-refractivity contribution in [3.8, 4) is 11.8 Å². The number of nitrogens with zero attached hydrogens (tertiary/aromatic N) is 2. The molecule has 0 radical (unpaired) electrons. The molecule has 1 aliphatic rings. The van der Waals surface area contributed by atoms with Gasteiger partial charge in [0.25, 0.3) is 0 Å². The summed E-state index contributed by atoms with van der Waals surface area (Å²) in [6.45, 7) is 2.14. The van der Waals surface area contributed by atoms with E-state index in [4.69, 9.17) is 10.00 Å². The van der Waals surface area contributed by atoms with Crippen LogP contribution in [0.1, 0.15) is 5.56 Å². The number of nitriles is 1. The van der Waals surface area contributed by atoms with Crippen LogP contribution in [-0.4, -0.2) is 25.5 Å². The lowest BCUT2D eigenvalue weighted by Crippen LogP contribution is -2.24. The van der Waals surface area contributed by atoms with E-state index < -0.39 is 0 Å². The van der Waals surface area contributed by atoms with Crippen LogP contribution in [0, 0.1) is 11.3 Å². The molecule has 4 nitrogen and oxygen atoms in total. The molecule has 1 heterocycles. The SMILES string of the molecule is N#Cc1cccc(OCC2=NCCN2)c1. The smallest absolute Gasteiger partial charge is 0.145 e. The minimum absolute atomic E-state index is 0.439. The summed E-state index contributed by atoms with van der Waals surface area (Å²) in [7, 11) is 0. The van der Waals surface area contributed by atoms with Gasteiger partial charge < -0.3 is 10.1 Å². The Bertz CT molecular complexity index is 420. The van der Waals surface area contributed by atoms with Crippen molar-refractivity contribution in [1.82, 2.24) is 5.32 Å². The summed E-state index contributed by atoms with van der Waals surface area (Å²) in [5.74, 6) is 1.57. The highest BCUT2D eigenvalue weighted by molar-refractivity contribution is 5.84. The van der Waals surface area contributed by atoms with Crippen LogP contribution < -0.4 is 10.1 Å². The van der Waals surface area contributed by atoms with E-state index in [1.165, 1.54) is 0 Å². The van der Waals surface area contributed by atoms with Gasteiger partial charge in [-0.2, -0.15) is 5.26 Å². The molecule has 2 rings (SSSR count). The van der Waals surface area contributed by atoms with Gasteiger partial charge in [-0.3, -0.25) is 4.99 Å². The fraction of sp³-hybridized carbons (Fsp3) is 0.273. The second-order valence-electron chi connectivity index (χ2n) is 3.18. The Labute approximate surface area is 88.2 Å². The molecule has 4 heteroatoms. The molecule has 0 saturated heterocycles. The summed E-state index contributed by atoms with van der Waals surface area (Å²) in [5, 5.41) is 11.8. The average Bonchev–Trinajstić information content (AvgIpc) is 2.79. The zero-order valence-corrected chi connectivity index (χ0v) is 8.23. The summed E-state index contributed by atoms with van der Waals surface area (Å²) in [4.78, 5) is 4.21. The molecule has 0 unspecified atom stereocenters. The summed E-state index contributed by atoms with van der Waals surface area (Å²) >= 11 is 0. The minimum atomic E-state index is 0.439. The zero-order valence-electron chi connectivity index (χ0n) is 8.23. The van der Waals surface area contributed by atoms with Crippen LogP contribution in [0.15, 0.2) is 29.3 Å². The monoisotopic (exact) mass is 201 g/mol. The molecular formula is C11H11N3O. The molecule has 15 heavy (non-hydrogen) atoms. The average molecular weight is 201 g/mol. The molecule has 1 aromatic rings. The van der Waals surface area contributed by atoms with Gasteiger partial charge in [-0.1, -0.05) is 6.07 Å². The van der Waals surface area contributed by atoms with E-state index in [9.17, 15) is 0 Å². The number of amidine groups is 1. The maximum Gasteiger partial charge on any atom is 0.145 e. The molecule has 1 aliphatic heterocycles. The number of hydrogen-bond acceptors (Lipinski definition) is 4. The van der Waals surface area contributed by atoms with Gasteiger partial charge in [-0.05, 0) is 18.2 Å². The molecule has 0 atom stereocenters. The van der Waals surface area contributed by atoms with Crippen LogP contribution in [0.3, 0.4) is 0 Å². The number of hydrogen-bond donors (Lipinski definition) is 1. The molecule has 0 amide bonds. The van der Waals surface area contributed by atoms with Crippen molar-refractivity contribution in [2.24, 2.45) is 4.99 Å². The number of nitrogens with one attached hydrogen (secondary N) is 1. The van der Waals surface area contributed by atoms with Gasteiger partial charge in [-0.15, -0.1) is 0 Å². The standard InChI is InChI=1S/C11H11N3O/c12-7-9-2-1-3-10(6-9)15-8-11-13-4-5-14-11/h1-3,6H,4-5,8H2,(H,13,14). The van der Waals surface area contributed by atoms with Crippen LogP contribution in [0.2, 0.25) is 0 Å². The third-order valence-corrected chi connectivity index (χ3v) is 2.08. The molecule has 1 N–H and O–H groups in total. The van der Waals surface area contributed by atoms with Crippen molar-refractivity contribution < 1.29 is 4.74 Å². The predicted molar refractivity (Wildman–Crippen MR) is 57.0 cm³/mol. The van der Waals surface area contributed by atoms with E-state index in [0.29, 0.717) is 17.9 Å². The summed E-state index contributed by atoms with van der Waals surface area (Å²) in [6.07, 6.45) is 0. The lowest BCUT2D eigenvalue weighted by Gasteiger charge is -2.06. The molecule has 0 aliphatic carbocycles. The highest BCUT2D eigenvalue weighted by Crippen LogP contribution is 2.12. The van der Waals surface area contributed by atoms with Gasteiger partial charge in [-0.25, -0.2) is 0 Å². The molecular weight excluding hydrogens is 190 g/mol. The van der Waals surface area contributed by atoms with Crippen molar-refractivity contribution >= 4 is 5.84 Å². The second kappa shape index (κ2) is 4.47. The molecule has 0 spiro atoms. The highest BCUT2D eigenvalue weighted by atomic mass is 16.5. The van der Waals surface area contributed by atoms with Crippen LogP contribution in [0.4, 0.5) is 0 Å². The number of benzene rings is 1. The Hall–Kier alpha value is -2.02. The second-order valence-corrected chi connectivity index (χ2v) is 3.18. The van der Waals surface area contributed by atoms with Gasteiger partial charge in [0, 0.05) is 6.54 Å². The van der Waals surface area contributed by atoms with Crippen molar-refractivity contribution in [3.63, 3.8) is 0 Å². The van der Waals surface area contributed by atoms with E-state index in [1.54, 1.807) is 18.2 Å². The van der Waals surface area contributed by atoms with Crippen molar-refractivity contribution in [1.29, 1.82) is 5.26 Å². The van der Waals surface area contributed by atoms with E-state index in [1.807, 2.05) is 6.07 Å². The predicted octanol–water partition coefficient (Wildman–Crippen LogP) is 0.939. The maximum absolute atomic E-state index is 8.70. The molecule has 1 aromatic carbocycles. The molecule has 0 aromatic heterocycles. The first kappa shape index (κ1) is 9.53. The van der Waals surface area contributed by atoms with Crippen molar-refractivity contribution in [2.75, 3.05) is 19.7 Å².